The fourth-order valence-electron chi connectivity index (χ4n) is 1.23. The van der Waals surface area contributed by atoms with E-state index in [0.717, 1.165) is 9.88 Å². The first kappa shape index (κ1) is 19.0. The minimum atomic E-state index is -0.0804. The van der Waals surface area contributed by atoms with Gasteiger partial charge in [-0.25, -0.2) is 4.98 Å². The maximum absolute atomic E-state index is 11.6. The highest BCUT2D eigenvalue weighted by Crippen LogP contribution is 2.13. The van der Waals surface area contributed by atoms with Crippen LogP contribution in [0, 0.1) is 6.92 Å². The maximum Gasteiger partial charge on any atom is 0.224 e. The number of nitrogens with two attached hydrogens (primary N) is 1. The van der Waals surface area contributed by atoms with Crippen molar-refractivity contribution in [1.82, 2.24) is 9.88 Å². The molecular formula is C10H19Cl2N3OS. The number of aryl methyl sites for hydroxylation is 1. The van der Waals surface area contributed by atoms with Gasteiger partial charge in [0, 0.05) is 30.6 Å². The summed E-state index contributed by atoms with van der Waals surface area (Å²) in [5.41, 5.74) is 5.57. The lowest BCUT2D eigenvalue weighted by Gasteiger charge is -2.17. The van der Waals surface area contributed by atoms with Gasteiger partial charge in [0.05, 0.1) is 11.6 Å². The zero-order valence-electron chi connectivity index (χ0n) is 10.2. The minimum absolute atomic E-state index is 0. The molecule has 1 rings (SSSR count). The van der Waals surface area contributed by atoms with Crippen LogP contribution in [0.2, 0.25) is 0 Å². The predicted octanol–water partition coefficient (Wildman–Crippen LogP) is 1.99. The Morgan fingerprint density at radius 3 is 2.59 bits per heavy atom. The summed E-state index contributed by atoms with van der Waals surface area (Å²) in [6.45, 7) is 4.41. The molecule has 0 aromatic carbocycles. The minimum Gasteiger partial charge on any atom is -0.341 e. The number of halogens is 2. The van der Waals surface area contributed by atoms with Crippen molar-refractivity contribution in [3.05, 3.63) is 16.1 Å². The van der Waals surface area contributed by atoms with E-state index < -0.39 is 0 Å². The Labute approximate surface area is 118 Å². The Balaban J connectivity index is 0. The Morgan fingerprint density at radius 2 is 2.18 bits per heavy atom. The summed E-state index contributed by atoms with van der Waals surface area (Å²) < 4.78 is 0. The van der Waals surface area contributed by atoms with Crippen LogP contribution in [0.3, 0.4) is 0 Å². The molecule has 100 valence electrons. The number of hydrogen-bond donors (Lipinski definition) is 1. The second kappa shape index (κ2) is 8.69. The summed E-state index contributed by atoms with van der Waals surface area (Å²) in [5.74, 6) is 0.0797. The normalized spacial score (nSPS) is 11.1. The second-order valence-electron chi connectivity index (χ2n) is 3.78. The summed E-state index contributed by atoms with van der Waals surface area (Å²) in [4.78, 5) is 18.5. The molecule has 0 radical (unpaired) electrons. The molecule has 0 bridgehead atoms. The smallest absolute Gasteiger partial charge is 0.224 e. The van der Waals surface area contributed by atoms with Gasteiger partial charge in [-0.15, -0.1) is 36.2 Å². The van der Waals surface area contributed by atoms with Crippen LogP contribution in [0.15, 0.2) is 6.20 Å². The van der Waals surface area contributed by atoms with Gasteiger partial charge < -0.3 is 10.6 Å². The molecule has 0 aliphatic carbocycles. The van der Waals surface area contributed by atoms with Crippen LogP contribution in [0.25, 0.3) is 0 Å². The quantitative estimate of drug-likeness (QED) is 0.925. The second-order valence-corrected chi connectivity index (χ2v) is 5.10. The Morgan fingerprint density at radius 1 is 1.59 bits per heavy atom. The van der Waals surface area contributed by atoms with E-state index in [2.05, 4.69) is 4.98 Å². The highest BCUT2D eigenvalue weighted by Gasteiger charge is 2.12. The van der Waals surface area contributed by atoms with Gasteiger partial charge in [0.1, 0.15) is 0 Å². The summed E-state index contributed by atoms with van der Waals surface area (Å²) in [7, 11) is 1.79. The van der Waals surface area contributed by atoms with Crippen LogP contribution < -0.4 is 5.73 Å². The van der Waals surface area contributed by atoms with E-state index in [9.17, 15) is 4.79 Å². The van der Waals surface area contributed by atoms with E-state index in [1.54, 1.807) is 23.3 Å². The van der Waals surface area contributed by atoms with Crippen molar-refractivity contribution in [1.29, 1.82) is 0 Å². The molecular weight excluding hydrogens is 281 g/mol. The van der Waals surface area contributed by atoms with Gasteiger partial charge in [-0.1, -0.05) is 0 Å². The lowest BCUT2D eigenvalue weighted by Crippen LogP contribution is -2.31. The molecule has 4 nitrogen and oxygen atoms in total. The molecule has 1 heterocycles. The zero-order chi connectivity index (χ0) is 11.4. The van der Waals surface area contributed by atoms with Crippen LogP contribution in [0.1, 0.15) is 23.2 Å². The summed E-state index contributed by atoms with van der Waals surface area (Å²) in [6, 6.07) is -0.0804. The number of amides is 1. The molecule has 1 aromatic heterocycles. The van der Waals surface area contributed by atoms with Crippen LogP contribution in [-0.4, -0.2) is 28.9 Å². The van der Waals surface area contributed by atoms with Crippen LogP contribution in [-0.2, 0) is 11.3 Å². The molecule has 0 saturated heterocycles. The van der Waals surface area contributed by atoms with Gasteiger partial charge in [-0.05, 0) is 13.8 Å². The molecule has 1 atom stereocenters. The standard InChI is InChI=1S/C10H17N3OS.2ClH/c1-7(11)4-10(14)13(3)6-9-5-12-8(2)15-9;;/h5,7H,4,6,11H2,1-3H3;2*1H. The summed E-state index contributed by atoms with van der Waals surface area (Å²) >= 11 is 1.62. The van der Waals surface area contributed by atoms with Crippen LogP contribution >= 0.6 is 36.2 Å². The first-order valence-corrected chi connectivity index (χ1v) is 5.71. The number of thiazole rings is 1. The van der Waals surface area contributed by atoms with Crippen LogP contribution in [0.4, 0.5) is 0 Å². The first-order chi connectivity index (χ1) is 6.99. The number of rotatable bonds is 4. The number of aromatic nitrogens is 1. The van der Waals surface area contributed by atoms with Crippen molar-refractivity contribution in [3.8, 4) is 0 Å². The van der Waals surface area contributed by atoms with E-state index in [1.165, 1.54) is 0 Å². The Bertz CT molecular complexity index is 344. The average molecular weight is 300 g/mol. The Hall–Kier alpha value is -0.360. The highest BCUT2D eigenvalue weighted by molar-refractivity contribution is 7.11. The van der Waals surface area contributed by atoms with E-state index in [0.29, 0.717) is 13.0 Å². The fourth-order valence-corrected chi connectivity index (χ4v) is 2.08. The molecule has 1 unspecified atom stereocenters. The molecule has 1 aromatic rings. The SMILES string of the molecule is Cc1ncc(CN(C)C(=O)CC(C)N)s1.Cl.Cl. The molecule has 0 aliphatic rings. The molecule has 0 fully saturated rings. The van der Waals surface area contributed by atoms with E-state index in [1.807, 2.05) is 20.0 Å². The number of carbonyl (C=O) groups excluding carboxylic acids is 1. The van der Waals surface area contributed by atoms with Crippen molar-refractivity contribution in [2.75, 3.05) is 7.05 Å². The molecule has 1 amide bonds. The number of carbonyl (C=O) groups is 1. The lowest BCUT2D eigenvalue weighted by molar-refractivity contribution is -0.130. The number of hydrogen-bond acceptors (Lipinski definition) is 4. The summed E-state index contributed by atoms with van der Waals surface area (Å²) in [6.07, 6.45) is 2.21. The third kappa shape index (κ3) is 6.83. The van der Waals surface area contributed by atoms with Gasteiger partial charge >= 0.3 is 0 Å². The predicted molar refractivity (Wildman–Crippen MR) is 76.1 cm³/mol. The van der Waals surface area contributed by atoms with Gasteiger partial charge in [0.15, 0.2) is 0 Å². The van der Waals surface area contributed by atoms with E-state index in [-0.39, 0.29) is 36.8 Å². The van der Waals surface area contributed by atoms with Crippen molar-refractivity contribution in [2.24, 2.45) is 5.73 Å². The van der Waals surface area contributed by atoms with Gasteiger partial charge in [0.25, 0.3) is 0 Å². The van der Waals surface area contributed by atoms with E-state index in [4.69, 9.17) is 5.73 Å². The molecule has 2 N–H and O–H groups in total. The lowest BCUT2D eigenvalue weighted by atomic mass is 10.2. The van der Waals surface area contributed by atoms with Crippen LogP contribution in [0.5, 0.6) is 0 Å². The van der Waals surface area contributed by atoms with Crippen molar-refractivity contribution in [2.45, 2.75) is 32.9 Å². The van der Waals surface area contributed by atoms with E-state index >= 15 is 0 Å². The average Bonchev–Trinajstić information content (AvgIpc) is 2.50. The van der Waals surface area contributed by atoms with Gasteiger partial charge in [-0.2, -0.15) is 0 Å². The van der Waals surface area contributed by atoms with Crippen molar-refractivity contribution < 1.29 is 4.79 Å². The third-order valence-electron chi connectivity index (χ3n) is 1.98. The fraction of sp³-hybridized carbons (Fsp3) is 0.600. The van der Waals surface area contributed by atoms with Gasteiger partial charge in [0.2, 0.25) is 5.91 Å². The topological polar surface area (TPSA) is 59.2 Å². The number of nitrogens with zero attached hydrogens (tertiary/aromatic N) is 2. The monoisotopic (exact) mass is 299 g/mol. The largest absolute Gasteiger partial charge is 0.341 e. The summed E-state index contributed by atoms with van der Waals surface area (Å²) in [5, 5.41) is 1.03. The molecule has 0 spiro atoms. The highest BCUT2D eigenvalue weighted by atomic mass is 35.5. The first-order valence-electron chi connectivity index (χ1n) is 4.90. The molecule has 0 saturated carbocycles. The molecule has 0 aliphatic heterocycles. The molecule has 7 heteroatoms. The Kier molecular flexibility index (Phi) is 9.71. The molecule has 17 heavy (non-hydrogen) atoms. The van der Waals surface area contributed by atoms with Crippen molar-refractivity contribution in [3.63, 3.8) is 0 Å². The zero-order valence-corrected chi connectivity index (χ0v) is 12.6. The third-order valence-corrected chi connectivity index (χ3v) is 2.88. The maximum atomic E-state index is 11.6. The van der Waals surface area contributed by atoms with Crippen molar-refractivity contribution >= 4 is 42.1 Å². The van der Waals surface area contributed by atoms with Gasteiger partial charge in [-0.3, -0.25) is 4.79 Å².